The summed E-state index contributed by atoms with van der Waals surface area (Å²) in [5.41, 5.74) is 3.16. The van der Waals surface area contributed by atoms with Crippen LogP contribution in [0.5, 0.6) is 0 Å². The van der Waals surface area contributed by atoms with E-state index in [4.69, 9.17) is 4.74 Å². The van der Waals surface area contributed by atoms with Gasteiger partial charge in [0, 0.05) is 10.9 Å². The van der Waals surface area contributed by atoms with E-state index in [0.29, 0.717) is 22.0 Å². The molecule has 1 unspecified atom stereocenters. The van der Waals surface area contributed by atoms with Crippen molar-refractivity contribution in [3.05, 3.63) is 75.2 Å². The molecule has 2 aromatic carbocycles. The number of carbonyl (C=O) groups is 2. The van der Waals surface area contributed by atoms with E-state index in [1.807, 2.05) is 12.1 Å². The number of ether oxygens (including phenoxy) is 1. The number of fused-ring (bicyclic) bond motifs is 2. The van der Waals surface area contributed by atoms with E-state index in [2.05, 4.69) is 10.2 Å². The Hall–Kier alpha value is -3.28. The van der Waals surface area contributed by atoms with Crippen LogP contribution < -0.4 is 5.56 Å². The largest absolute Gasteiger partial charge is 0.454 e. The molecule has 6 nitrogen and oxygen atoms in total. The van der Waals surface area contributed by atoms with Crippen molar-refractivity contribution in [3.63, 3.8) is 0 Å². The number of aryl methyl sites for hydroxylation is 2. The van der Waals surface area contributed by atoms with Gasteiger partial charge in [0.15, 0.2) is 6.10 Å². The topological polar surface area (TPSA) is 89.1 Å². The van der Waals surface area contributed by atoms with E-state index in [9.17, 15) is 14.4 Å². The average Bonchev–Trinajstić information content (AvgIpc) is 3.17. The van der Waals surface area contributed by atoms with Gasteiger partial charge in [0.25, 0.3) is 5.56 Å². The van der Waals surface area contributed by atoms with Gasteiger partial charge in [0.2, 0.25) is 5.78 Å². The highest BCUT2D eigenvalue weighted by atomic mass is 16.5. The molecule has 0 spiro atoms. The standard InChI is InChI=1S/C22H20N2O4/c1-13(21(26)16-10-9-14-5-4-6-15(14)11-16)28-20(25)12-19-17-7-2-3-8-18(17)22(27)24-23-19/h2-3,7-11,13H,4-6,12H2,1H3,(H,24,27). The van der Waals surface area contributed by atoms with E-state index in [1.54, 1.807) is 37.3 Å². The van der Waals surface area contributed by atoms with Crippen LogP contribution in [-0.2, 0) is 28.8 Å². The van der Waals surface area contributed by atoms with Crippen LogP contribution in [0.15, 0.2) is 47.3 Å². The zero-order valence-electron chi connectivity index (χ0n) is 15.5. The fourth-order valence-electron chi connectivity index (χ4n) is 3.70. The molecule has 1 heterocycles. The fraction of sp³-hybridized carbons (Fsp3) is 0.273. The fourth-order valence-corrected chi connectivity index (χ4v) is 3.70. The van der Waals surface area contributed by atoms with Crippen molar-refractivity contribution >= 4 is 22.5 Å². The van der Waals surface area contributed by atoms with Crippen LogP contribution in [0.4, 0.5) is 0 Å². The molecule has 1 atom stereocenters. The molecule has 1 aromatic heterocycles. The van der Waals surface area contributed by atoms with Crippen molar-refractivity contribution in [1.82, 2.24) is 10.2 Å². The highest BCUT2D eigenvalue weighted by Crippen LogP contribution is 2.23. The Bertz CT molecular complexity index is 1130. The number of esters is 1. The van der Waals surface area contributed by atoms with Crippen molar-refractivity contribution in [2.45, 2.75) is 38.7 Å². The predicted octanol–water partition coefficient (Wildman–Crippen LogP) is 2.77. The molecule has 1 aliphatic rings. The first kappa shape index (κ1) is 18.1. The maximum absolute atomic E-state index is 12.6. The van der Waals surface area contributed by atoms with Gasteiger partial charge in [-0.15, -0.1) is 0 Å². The molecule has 1 aliphatic carbocycles. The third-order valence-electron chi connectivity index (χ3n) is 5.15. The van der Waals surface area contributed by atoms with Crippen LogP contribution in [0.2, 0.25) is 0 Å². The number of benzene rings is 2. The van der Waals surface area contributed by atoms with Gasteiger partial charge in [-0.25, -0.2) is 5.10 Å². The molecule has 6 heteroatoms. The van der Waals surface area contributed by atoms with Crippen LogP contribution in [0.1, 0.15) is 40.5 Å². The first-order chi connectivity index (χ1) is 13.5. The molecule has 4 rings (SSSR count). The number of hydrogen-bond donors (Lipinski definition) is 1. The van der Waals surface area contributed by atoms with Crippen molar-refractivity contribution < 1.29 is 14.3 Å². The number of aromatic nitrogens is 2. The Morgan fingerprint density at radius 1 is 1.11 bits per heavy atom. The number of nitrogens with one attached hydrogen (secondary N) is 1. The Balaban J connectivity index is 1.47. The molecular weight excluding hydrogens is 356 g/mol. The smallest absolute Gasteiger partial charge is 0.312 e. The van der Waals surface area contributed by atoms with Crippen molar-refractivity contribution in [1.29, 1.82) is 0 Å². The highest BCUT2D eigenvalue weighted by molar-refractivity contribution is 6.00. The van der Waals surface area contributed by atoms with Gasteiger partial charge in [0.05, 0.1) is 17.5 Å². The lowest BCUT2D eigenvalue weighted by Gasteiger charge is -2.13. The van der Waals surface area contributed by atoms with E-state index < -0.39 is 12.1 Å². The molecule has 0 saturated carbocycles. The van der Waals surface area contributed by atoms with Crippen molar-refractivity contribution in [2.24, 2.45) is 0 Å². The van der Waals surface area contributed by atoms with Crippen LogP contribution >= 0.6 is 0 Å². The molecule has 1 N–H and O–H groups in total. The summed E-state index contributed by atoms with van der Waals surface area (Å²) < 4.78 is 5.35. The Morgan fingerprint density at radius 3 is 2.68 bits per heavy atom. The second-order valence-corrected chi connectivity index (χ2v) is 7.06. The molecule has 28 heavy (non-hydrogen) atoms. The monoisotopic (exact) mass is 376 g/mol. The Kier molecular flexibility index (Phi) is 4.77. The van der Waals surface area contributed by atoms with Gasteiger partial charge in [-0.05, 0) is 49.4 Å². The molecule has 142 valence electrons. The lowest BCUT2D eigenvalue weighted by molar-refractivity contribution is -0.145. The SMILES string of the molecule is CC(OC(=O)Cc1n[nH]c(=O)c2ccccc12)C(=O)c1ccc2c(c1)CCC2. The van der Waals surface area contributed by atoms with E-state index in [1.165, 1.54) is 11.1 Å². The zero-order valence-corrected chi connectivity index (χ0v) is 15.5. The Labute approximate surface area is 161 Å². The van der Waals surface area contributed by atoms with Gasteiger partial charge < -0.3 is 4.74 Å². The molecule has 0 saturated heterocycles. The van der Waals surface area contributed by atoms with E-state index in [-0.39, 0.29) is 17.8 Å². The van der Waals surface area contributed by atoms with Crippen LogP contribution in [0.25, 0.3) is 10.8 Å². The summed E-state index contributed by atoms with van der Waals surface area (Å²) in [6.45, 7) is 1.58. The molecule has 0 bridgehead atoms. The predicted molar refractivity (Wildman–Crippen MR) is 104 cm³/mol. The summed E-state index contributed by atoms with van der Waals surface area (Å²) in [6, 6.07) is 12.6. The van der Waals surface area contributed by atoms with E-state index >= 15 is 0 Å². The van der Waals surface area contributed by atoms with Crippen LogP contribution in [0, 0.1) is 0 Å². The maximum Gasteiger partial charge on any atom is 0.312 e. The third kappa shape index (κ3) is 3.45. The van der Waals surface area contributed by atoms with Gasteiger partial charge in [-0.1, -0.05) is 30.3 Å². The second-order valence-electron chi connectivity index (χ2n) is 7.06. The second kappa shape index (κ2) is 7.38. The minimum Gasteiger partial charge on any atom is -0.454 e. The van der Waals surface area contributed by atoms with Gasteiger partial charge in [-0.3, -0.25) is 14.4 Å². The summed E-state index contributed by atoms with van der Waals surface area (Å²) in [5, 5.41) is 7.43. The third-order valence-corrected chi connectivity index (χ3v) is 5.15. The first-order valence-electron chi connectivity index (χ1n) is 9.35. The number of carbonyl (C=O) groups excluding carboxylic acids is 2. The average molecular weight is 376 g/mol. The molecule has 0 fully saturated rings. The molecule has 0 aliphatic heterocycles. The van der Waals surface area contributed by atoms with Gasteiger partial charge in [0.1, 0.15) is 0 Å². The number of rotatable bonds is 5. The molecule has 3 aromatic rings. The maximum atomic E-state index is 12.6. The summed E-state index contributed by atoms with van der Waals surface area (Å²) in [7, 11) is 0. The lowest BCUT2D eigenvalue weighted by Crippen LogP contribution is -2.26. The highest BCUT2D eigenvalue weighted by Gasteiger charge is 2.22. The summed E-state index contributed by atoms with van der Waals surface area (Å²) in [4.78, 5) is 36.9. The minimum atomic E-state index is -0.888. The van der Waals surface area contributed by atoms with Crippen LogP contribution in [-0.4, -0.2) is 28.1 Å². The molecule has 0 radical (unpaired) electrons. The number of aromatic amines is 1. The molecule has 0 amide bonds. The summed E-state index contributed by atoms with van der Waals surface area (Å²) in [5.74, 6) is -0.783. The number of ketones is 1. The number of Topliss-reactive ketones (excluding diaryl/α,β-unsaturated/α-hetero) is 1. The van der Waals surface area contributed by atoms with Gasteiger partial charge in [-0.2, -0.15) is 5.10 Å². The van der Waals surface area contributed by atoms with Crippen molar-refractivity contribution in [3.8, 4) is 0 Å². The Morgan fingerprint density at radius 2 is 1.86 bits per heavy atom. The zero-order chi connectivity index (χ0) is 19.7. The number of nitrogens with zero attached hydrogens (tertiary/aromatic N) is 1. The summed E-state index contributed by atoms with van der Waals surface area (Å²) in [6.07, 6.45) is 2.13. The van der Waals surface area contributed by atoms with E-state index in [0.717, 1.165) is 19.3 Å². The quantitative estimate of drug-likeness (QED) is 0.546. The number of H-pyrrole nitrogens is 1. The first-order valence-corrected chi connectivity index (χ1v) is 9.35. The minimum absolute atomic E-state index is 0.126. The molecular formula is C22H20N2O4. The van der Waals surface area contributed by atoms with Crippen molar-refractivity contribution in [2.75, 3.05) is 0 Å². The van der Waals surface area contributed by atoms with Gasteiger partial charge >= 0.3 is 5.97 Å². The summed E-state index contributed by atoms with van der Waals surface area (Å²) >= 11 is 0. The van der Waals surface area contributed by atoms with Crippen LogP contribution in [0.3, 0.4) is 0 Å². The number of hydrogen-bond acceptors (Lipinski definition) is 5. The normalized spacial score (nSPS) is 13.9. The lowest BCUT2D eigenvalue weighted by atomic mass is 10.0.